The second-order valence-electron chi connectivity index (χ2n) is 6.27. The van der Waals surface area contributed by atoms with Crippen LogP contribution < -0.4 is 5.32 Å². The van der Waals surface area contributed by atoms with Gasteiger partial charge in [0.1, 0.15) is 5.82 Å². The van der Waals surface area contributed by atoms with Gasteiger partial charge in [0.15, 0.2) is 5.82 Å². The van der Waals surface area contributed by atoms with Gasteiger partial charge in [-0.3, -0.25) is 9.78 Å². The van der Waals surface area contributed by atoms with E-state index < -0.39 is 0 Å². The standard InChI is InChI=1S/C20H18N6O/c1-12-15(11-22-19(23-12)14-6-5-9-21-10-14)20(27)24-13(2)18-25-16-7-3-4-8-17(16)26-18/h3-11,13H,1-2H3,(H,24,27)(H,25,26)/t13-/m1/s1. The van der Waals surface area contributed by atoms with E-state index in [-0.39, 0.29) is 11.9 Å². The lowest BCUT2D eigenvalue weighted by Crippen LogP contribution is -2.28. The number of hydrogen-bond acceptors (Lipinski definition) is 5. The molecule has 0 bridgehead atoms. The second-order valence-corrected chi connectivity index (χ2v) is 6.27. The van der Waals surface area contributed by atoms with Gasteiger partial charge in [-0.1, -0.05) is 12.1 Å². The van der Waals surface area contributed by atoms with Gasteiger partial charge in [0, 0.05) is 24.2 Å². The molecule has 0 aliphatic rings. The molecule has 1 atom stereocenters. The van der Waals surface area contributed by atoms with Gasteiger partial charge in [0.25, 0.3) is 5.91 Å². The van der Waals surface area contributed by atoms with Crippen LogP contribution in [0.4, 0.5) is 0 Å². The first-order valence-corrected chi connectivity index (χ1v) is 8.61. The van der Waals surface area contributed by atoms with E-state index in [4.69, 9.17) is 0 Å². The first-order valence-electron chi connectivity index (χ1n) is 8.61. The quantitative estimate of drug-likeness (QED) is 0.584. The van der Waals surface area contributed by atoms with Crippen LogP contribution in [-0.4, -0.2) is 30.8 Å². The number of aromatic amines is 1. The van der Waals surface area contributed by atoms with Gasteiger partial charge in [-0.2, -0.15) is 0 Å². The maximum Gasteiger partial charge on any atom is 0.255 e. The average Bonchev–Trinajstić information content (AvgIpc) is 3.13. The minimum absolute atomic E-state index is 0.238. The number of H-pyrrole nitrogens is 1. The van der Waals surface area contributed by atoms with Crippen molar-refractivity contribution in [2.75, 3.05) is 0 Å². The van der Waals surface area contributed by atoms with Crippen molar-refractivity contribution in [2.24, 2.45) is 0 Å². The molecule has 1 aromatic carbocycles. The molecule has 0 saturated carbocycles. The number of carbonyl (C=O) groups excluding carboxylic acids is 1. The zero-order valence-electron chi connectivity index (χ0n) is 15.0. The van der Waals surface area contributed by atoms with E-state index in [1.54, 1.807) is 25.5 Å². The zero-order chi connectivity index (χ0) is 18.8. The monoisotopic (exact) mass is 358 g/mol. The smallest absolute Gasteiger partial charge is 0.255 e. The van der Waals surface area contributed by atoms with E-state index in [1.165, 1.54) is 0 Å². The van der Waals surface area contributed by atoms with Gasteiger partial charge in [-0.25, -0.2) is 15.0 Å². The molecule has 1 amide bonds. The van der Waals surface area contributed by atoms with Gasteiger partial charge in [-0.05, 0) is 38.1 Å². The first-order chi connectivity index (χ1) is 13.1. The summed E-state index contributed by atoms with van der Waals surface area (Å²) >= 11 is 0. The van der Waals surface area contributed by atoms with Crippen molar-refractivity contribution < 1.29 is 4.79 Å². The van der Waals surface area contributed by atoms with E-state index in [0.29, 0.717) is 22.9 Å². The predicted molar refractivity (Wildman–Crippen MR) is 102 cm³/mol. The van der Waals surface area contributed by atoms with Gasteiger partial charge in [0.2, 0.25) is 0 Å². The summed E-state index contributed by atoms with van der Waals surface area (Å²) in [5.41, 5.74) is 3.66. The van der Waals surface area contributed by atoms with Crippen LogP contribution >= 0.6 is 0 Å². The Morgan fingerprint density at radius 3 is 2.70 bits per heavy atom. The Bertz CT molecular complexity index is 1070. The summed E-state index contributed by atoms with van der Waals surface area (Å²) in [7, 11) is 0. The lowest BCUT2D eigenvalue weighted by Gasteiger charge is -2.12. The van der Waals surface area contributed by atoms with Crippen LogP contribution in [0, 0.1) is 6.92 Å². The summed E-state index contributed by atoms with van der Waals surface area (Å²) in [5, 5.41) is 2.95. The van der Waals surface area contributed by atoms with Crippen molar-refractivity contribution in [2.45, 2.75) is 19.9 Å². The number of hydrogen-bond donors (Lipinski definition) is 2. The Kier molecular flexibility index (Phi) is 4.33. The van der Waals surface area contributed by atoms with Gasteiger partial charge in [0.05, 0.1) is 28.3 Å². The number of amides is 1. The molecule has 3 aromatic heterocycles. The summed E-state index contributed by atoms with van der Waals surface area (Å²) in [6.45, 7) is 3.68. The van der Waals surface area contributed by atoms with Crippen molar-refractivity contribution in [1.29, 1.82) is 0 Å². The Balaban J connectivity index is 1.54. The number of carbonyl (C=O) groups is 1. The number of imidazole rings is 1. The molecule has 3 heterocycles. The largest absolute Gasteiger partial charge is 0.342 e. The highest BCUT2D eigenvalue weighted by molar-refractivity contribution is 5.95. The van der Waals surface area contributed by atoms with E-state index in [0.717, 1.165) is 16.6 Å². The molecular formula is C20H18N6O. The molecular weight excluding hydrogens is 340 g/mol. The molecule has 0 aliphatic heterocycles. The summed E-state index contributed by atoms with van der Waals surface area (Å²) < 4.78 is 0. The lowest BCUT2D eigenvalue weighted by atomic mass is 10.2. The van der Waals surface area contributed by atoms with E-state index >= 15 is 0 Å². The van der Waals surface area contributed by atoms with Gasteiger partial charge < -0.3 is 10.3 Å². The molecule has 7 heteroatoms. The summed E-state index contributed by atoms with van der Waals surface area (Å²) in [4.78, 5) is 33.3. The highest BCUT2D eigenvalue weighted by Gasteiger charge is 2.17. The van der Waals surface area contributed by atoms with Crippen molar-refractivity contribution in [3.8, 4) is 11.4 Å². The zero-order valence-corrected chi connectivity index (χ0v) is 15.0. The molecule has 0 fully saturated rings. The number of fused-ring (bicyclic) bond motifs is 1. The number of pyridine rings is 1. The fourth-order valence-electron chi connectivity index (χ4n) is 2.84. The Hall–Kier alpha value is -3.61. The molecule has 7 nitrogen and oxygen atoms in total. The first kappa shape index (κ1) is 16.8. The highest BCUT2D eigenvalue weighted by Crippen LogP contribution is 2.18. The fourth-order valence-corrected chi connectivity index (χ4v) is 2.84. The third-order valence-corrected chi connectivity index (χ3v) is 4.31. The molecule has 0 aliphatic carbocycles. The summed E-state index contributed by atoms with van der Waals surface area (Å²) in [6, 6.07) is 11.2. The highest BCUT2D eigenvalue weighted by atomic mass is 16.1. The summed E-state index contributed by atoms with van der Waals surface area (Å²) in [5.74, 6) is 1.01. The molecule has 0 radical (unpaired) electrons. The molecule has 0 saturated heterocycles. The number of aromatic nitrogens is 5. The van der Waals surface area contributed by atoms with Crippen LogP contribution in [0.1, 0.15) is 34.8 Å². The number of aryl methyl sites for hydroxylation is 1. The lowest BCUT2D eigenvalue weighted by molar-refractivity contribution is 0.0937. The van der Waals surface area contributed by atoms with Crippen molar-refractivity contribution in [3.05, 3.63) is 72.1 Å². The number of rotatable bonds is 4. The number of para-hydroxylation sites is 2. The molecule has 134 valence electrons. The maximum absolute atomic E-state index is 12.7. The number of nitrogens with zero attached hydrogens (tertiary/aromatic N) is 4. The molecule has 0 unspecified atom stereocenters. The van der Waals surface area contributed by atoms with Crippen LogP contribution in [0.5, 0.6) is 0 Å². The van der Waals surface area contributed by atoms with Crippen LogP contribution in [0.2, 0.25) is 0 Å². The fraction of sp³-hybridized carbons (Fsp3) is 0.150. The topological polar surface area (TPSA) is 96.4 Å². The predicted octanol–water partition coefficient (Wildman–Crippen LogP) is 3.21. The summed E-state index contributed by atoms with van der Waals surface area (Å²) in [6.07, 6.45) is 4.93. The number of nitrogens with one attached hydrogen (secondary N) is 2. The van der Waals surface area contributed by atoms with Crippen LogP contribution in [0.15, 0.2) is 55.0 Å². The molecule has 2 N–H and O–H groups in total. The normalized spacial score (nSPS) is 12.1. The SMILES string of the molecule is Cc1nc(-c2cccnc2)ncc1C(=O)N[C@H](C)c1nc2ccccc2[nH]1. The molecule has 27 heavy (non-hydrogen) atoms. The van der Waals surface area contributed by atoms with Crippen molar-refractivity contribution in [3.63, 3.8) is 0 Å². The van der Waals surface area contributed by atoms with Gasteiger partial charge >= 0.3 is 0 Å². The third-order valence-electron chi connectivity index (χ3n) is 4.31. The second kappa shape index (κ2) is 6.95. The minimum Gasteiger partial charge on any atom is -0.342 e. The van der Waals surface area contributed by atoms with E-state index in [9.17, 15) is 4.79 Å². The van der Waals surface area contributed by atoms with Crippen LogP contribution in [-0.2, 0) is 0 Å². The minimum atomic E-state index is -0.276. The Morgan fingerprint density at radius 1 is 1.11 bits per heavy atom. The average molecular weight is 358 g/mol. The van der Waals surface area contributed by atoms with Crippen molar-refractivity contribution in [1.82, 2.24) is 30.2 Å². The van der Waals surface area contributed by atoms with Crippen molar-refractivity contribution >= 4 is 16.9 Å². The van der Waals surface area contributed by atoms with E-state index in [2.05, 4.69) is 30.2 Å². The molecule has 4 rings (SSSR count). The Morgan fingerprint density at radius 2 is 1.96 bits per heavy atom. The molecule has 0 spiro atoms. The number of benzene rings is 1. The molecule has 4 aromatic rings. The maximum atomic E-state index is 12.7. The van der Waals surface area contributed by atoms with Crippen LogP contribution in [0.25, 0.3) is 22.4 Å². The van der Waals surface area contributed by atoms with Gasteiger partial charge in [-0.15, -0.1) is 0 Å². The third kappa shape index (κ3) is 3.39. The van der Waals surface area contributed by atoms with Crippen LogP contribution in [0.3, 0.4) is 0 Å². The van der Waals surface area contributed by atoms with E-state index in [1.807, 2.05) is 43.3 Å². The Labute approximate surface area is 155 Å².